The van der Waals surface area contributed by atoms with Crippen molar-refractivity contribution in [1.29, 1.82) is 5.26 Å². The molecule has 0 aromatic carbocycles. The quantitative estimate of drug-likeness (QED) is 0.320. The molecule has 0 spiro atoms. The Kier molecular flexibility index (Phi) is 9.84. The van der Waals surface area contributed by atoms with E-state index >= 15 is 0 Å². The van der Waals surface area contributed by atoms with E-state index in [0.29, 0.717) is 11.1 Å². The molecule has 0 saturated heterocycles. The molecule has 0 bridgehead atoms. The molecule has 1 aromatic rings. The largest absolute Gasteiger partial charge is 0.534 e. The Balaban J connectivity index is 0.00000379. The minimum atomic E-state index is -5.94. The average molecular weight is 430 g/mol. The lowest BCUT2D eigenvalue weighted by Gasteiger charge is -2.16. The molecule has 0 fully saturated rings. The molecule has 0 N–H and O–H groups in total. The van der Waals surface area contributed by atoms with E-state index in [9.17, 15) is 26.9 Å². The van der Waals surface area contributed by atoms with Gasteiger partial charge in [0.25, 0.3) is 5.88 Å². The van der Waals surface area contributed by atoms with Gasteiger partial charge in [-0.1, -0.05) is 58.1 Å². The zero-order valence-corrected chi connectivity index (χ0v) is 18.1. The summed E-state index contributed by atoms with van der Waals surface area (Å²) in [5, 5.41) is 9.24. The normalized spacial score (nSPS) is 11.8. The van der Waals surface area contributed by atoms with Crippen LogP contribution in [0.2, 0.25) is 0 Å². The Bertz CT molecular complexity index is 935. The first-order chi connectivity index (χ1) is 13.3. The topological polar surface area (TPSA) is 80.0 Å². The van der Waals surface area contributed by atoms with Gasteiger partial charge in [-0.15, -0.1) is 0 Å². The molecular formula is C20H25F3N2O3S. The lowest BCUT2D eigenvalue weighted by Crippen LogP contribution is -2.28. The number of hydrogen-bond acceptors (Lipinski definition) is 5. The van der Waals surface area contributed by atoms with Crippen molar-refractivity contribution in [2.24, 2.45) is 0 Å². The lowest BCUT2D eigenvalue weighted by molar-refractivity contribution is -0.0501. The molecular weight excluding hydrogens is 405 g/mol. The van der Waals surface area contributed by atoms with Gasteiger partial charge in [-0.05, 0) is 31.4 Å². The van der Waals surface area contributed by atoms with E-state index < -0.39 is 27.1 Å². The lowest BCUT2D eigenvalue weighted by atomic mass is 9.95. The monoisotopic (exact) mass is 430 g/mol. The summed E-state index contributed by atoms with van der Waals surface area (Å²) in [6.07, 6.45) is 5.03. The summed E-state index contributed by atoms with van der Waals surface area (Å²) in [6, 6.07) is 2.87. The van der Waals surface area contributed by atoms with Gasteiger partial charge in [0.05, 0.1) is 5.69 Å². The van der Waals surface area contributed by atoms with Gasteiger partial charge in [0.2, 0.25) is 0 Å². The highest BCUT2D eigenvalue weighted by molar-refractivity contribution is 7.87. The number of allylic oxidation sites excluding steroid dienone is 5. The fourth-order valence-electron chi connectivity index (χ4n) is 2.00. The highest BCUT2D eigenvalue weighted by atomic mass is 32.2. The van der Waals surface area contributed by atoms with Crippen LogP contribution in [0.25, 0.3) is 5.57 Å². The first kappa shape index (κ1) is 26.4. The number of nitriles is 1. The SMILES string of the molecule is C=C/C(=C\C=C(C)C)c1cc(C#N)c(OS(=O)(=O)C(F)(F)F)nc1C(C)C.CC. The van der Waals surface area contributed by atoms with Crippen LogP contribution in [0.1, 0.15) is 64.3 Å². The van der Waals surface area contributed by atoms with Crippen molar-refractivity contribution in [2.45, 2.75) is 53.0 Å². The van der Waals surface area contributed by atoms with Gasteiger partial charge in [-0.25, -0.2) is 4.98 Å². The van der Waals surface area contributed by atoms with Crippen molar-refractivity contribution in [3.63, 3.8) is 0 Å². The molecule has 0 aliphatic carbocycles. The second kappa shape index (κ2) is 10.8. The van der Waals surface area contributed by atoms with Crippen LogP contribution in [-0.4, -0.2) is 18.9 Å². The zero-order valence-electron chi connectivity index (χ0n) is 17.3. The summed E-state index contributed by atoms with van der Waals surface area (Å²) in [5.74, 6) is -1.20. The van der Waals surface area contributed by atoms with E-state index in [1.165, 1.54) is 12.1 Å². The summed E-state index contributed by atoms with van der Waals surface area (Å²) < 4.78 is 64.5. The summed E-state index contributed by atoms with van der Waals surface area (Å²) >= 11 is 0. The Labute approximate surface area is 170 Å². The maximum absolute atomic E-state index is 12.6. The molecule has 1 rings (SSSR count). The first-order valence-corrected chi connectivity index (χ1v) is 10.2. The molecule has 0 saturated carbocycles. The average Bonchev–Trinajstić information content (AvgIpc) is 2.62. The predicted octanol–water partition coefficient (Wildman–Crippen LogP) is 5.87. The standard InChI is InChI=1S/C18H19F3N2O3S.C2H6/c1-6-13(8-7-11(2)3)15-9-14(10-22)17(23-16(15)12(4)5)26-27(24,25)18(19,20)21;1-2/h6-9,12H,1H2,2-5H3;1-2H3/b13-8+;. The number of alkyl halides is 3. The van der Waals surface area contributed by atoms with E-state index in [2.05, 4.69) is 15.7 Å². The fourth-order valence-corrected chi connectivity index (χ4v) is 2.43. The third-order valence-corrected chi connectivity index (χ3v) is 4.23. The molecule has 1 aromatic heterocycles. The van der Waals surface area contributed by atoms with Gasteiger partial charge in [-0.2, -0.15) is 26.9 Å². The molecule has 0 aliphatic rings. The number of nitrogens with zero attached hydrogens (tertiary/aromatic N) is 2. The molecule has 160 valence electrons. The second-order valence-corrected chi connectivity index (χ2v) is 7.63. The molecule has 1 heterocycles. The van der Waals surface area contributed by atoms with Crippen molar-refractivity contribution >= 4 is 15.7 Å². The van der Waals surface area contributed by atoms with Gasteiger partial charge in [0.1, 0.15) is 11.6 Å². The van der Waals surface area contributed by atoms with E-state index in [1.54, 1.807) is 32.1 Å². The van der Waals surface area contributed by atoms with E-state index in [-0.39, 0.29) is 11.6 Å². The van der Waals surface area contributed by atoms with Crippen LogP contribution in [0.4, 0.5) is 13.2 Å². The van der Waals surface area contributed by atoms with Gasteiger partial charge >= 0.3 is 15.6 Å². The van der Waals surface area contributed by atoms with Crippen LogP contribution in [-0.2, 0) is 10.1 Å². The number of halogens is 3. The van der Waals surface area contributed by atoms with E-state index in [4.69, 9.17) is 0 Å². The number of pyridine rings is 1. The molecule has 0 aliphatic heterocycles. The first-order valence-electron chi connectivity index (χ1n) is 8.77. The highest BCUT2D eigenvalue weighted by Gasteiger charge is 2.49. The molecule has 5 nitrogen and oxygen atoms in total. The van der Waals surface area contributed by atoms with Gasteiger partial charge in [0.15, 0.2) is 0 Å². The van der Waals surface area contributed by atoms with E-state index in [0.717, 1.165) is 5.57 Å². The maximum atomic E-state index is 12.6. The Hall–Kier alpha value is -2.60. The molecule has 29 heavy (non-hydrogen) atoms. The van der Waals surface area contributed by atoms with Crippen molar-refractivity contribution in [1.82, 2.24) is 4.98 Å². The van der Waals surface area contributed by atoms with Crippen molar-refractivity contribution in [2.75, 3.05) is 0 Å². The minimum absolute atomic E-state index is 0.273. The zero-order chi connectivity index (χ0) is 23.0. The number of rotatable bonds is 6. The van der Waals surface area contributed by atoms with Crippen molar-refractivity contribution in [3.8, 4) is 11.9 Å². The molecule has 0 unspecified atom stereocenters. The van der Waals surface area contributed by atoms with E-state index in [1.807, 2.05) is 27.7 Å². The third-order valence-electron chi connectivity index (χ3n) is 3.28. The summed E-state index contributed by atoms with van der Waals surface area (Å²) in [7, 11) is -5.94. The Morgan fingerprint density at radius 3 is 2.21 bits per heavy atom. The minimum Gasteiger partial charge on any atom is -0.354 e. The second-order valence-electron chi connectivity index (χ2n) is 6.09. The van der Waals surface area contributed by atoms with Gasteiger partial charge in [-0.3, -0.25) is 0 Å². The maximum Gasteiger partial charge on any atom is 0.534 e. The van der Waals surface area contributed by atoms with Crippen molar-refractivity contribution in [3.05, 3.63) is 53.3 Å². The summed E-state index contributed by atoms with van der Waals surface area (Å²) in [6.45, 7) is 14.9. The molecule has 0 amide bonds. The van der Waals surface area contributed by atoms with Crippen LogP contribution < -0.4 is 4.18 Å². The van der Waals surface area contributed by atoms with Gasteiger partial charge in [0, 0.05) is 5.56 Å². The fraction of sp³-hybridized carbons (Fsp3) is 0.400. The van der Waals surface area contributed by atoms with Gasteiger partial charge < -0.3 is 4.18 Å². The molecule has 9 heteroatoms. The van der Waals surface area contributed by atoms with Crippen LogP contribution in [0.3, 0.4) is 0 Å². The predicted molar refractivity (Wildman–Crippen MR) is 108 cm³/mol. The van der Waals surface area contributed by atoms with Crippen molar-refractivity contribution < 1.29 is 25.8 Å². The van der Waals surface area contributed by atoms with Crippen LogP contribution in [0, 0.1) is 11.3 Å². The number of hydrogen-bond donors (Lipinski definition) is 0. The Morgan fingerprint density at radius 2 is 1.83 bits per heavy atom. The number of aromatic nitrogens is 1. The molecule has 0 radical (unpaired) electrons. The smallest absolute Gasteiger partial charge is 0.354 e. The molecule has 0 atom stereocenters. The van der Waals surface area contributed by atoms with Crippen LogP contribution >= 0.6 is 0 Å². The highest BCUT2D eigenvalue weighted by Crippen LogP contribution is 2.33. The van der Waals surface area contributed by atoms with Crippen LogP contribution in [0.15, 0.2) is 36.4 Å². The summed E-state index contributed by atoms with van der Waals surface area (Å²) in [4.78, 5) is 3.90. The Morgan fingerprint density at radius 1 is 1.28 bits per heavy atom. The van der Waals surface area contributed by atoms with Crippen LogP contribution in [0.5, 0.6) is 5.88 Å². The summed E-state index contributed by atoms with van der Waals surface area (Å²) in [5.41, 5.74) is -3.78. The third kappa shape index (κ3) is 7.06.